The standard InChI is InChI=1S/C35H28N4O5/c1-20-10-13-22(14-11-20)39-33(41)31-30-23-6-2-4-8-25(23)35(32(31)34(39)42,26-9-5-3-7-24(26)30)18-37-38-29(40)17-36-21-12-15-27-28(16-21)44-19-43-27/h2-16,18,30-32,36H,17,19H2,1H3,(H,38,40)/b37-18+/t30?,31-,32-,35?/m1/s1. The molecule has 0 radical (unpaired) electrons. The number of rotatable bonds is 6. The van der Waals surface area contributed by atoms with Crippen LogP contribution in [-0.4, -0.2) is 37.3 Å². The summed E-state index contributed by atoms with van der Waals surface area (Å²) < 4.78 is 10.8. The topological polar surface area (TPSA) is 109 Å². The highest BCUT2D eigenvalue weighted by Gasteiger charge is 2.68. The van der Waals surface area contributed by atoms with Gasteiger partial charge in [0.15, 0.2) is 11.5 Å². The highest BCUT2D eigenvalue weighted by molar-refractivity contribution is 6.25. The first-order chi connectivity index (χ1) is 21.5. The summed E-state index contributed by atoms with van der Waals surface area (Å²) in [5.41, 5.74) is 7.74. The number of hydrogen-bond donors (Lipinski definition) is 2. The Labute approximate surface area is 253 Å². The Balaban J connectivity index is 1.16. The molecule has 4 aromatic rings. The van der Waals surface area contributed by atoms with E-state index in [-0.39, 0.29) is 37.0 Å². The van der Waals surface area contributed by atoms with Gasteiger partial charge in [0.2, 0.25) is 18.6 Å². The zero-order valence-electron chi connectivity index (χ0n) is 23.8. The molecule has 9 heteroatoms. The van der Waals surface area contributed by atoms with Crippen LogP contribution in [0.25, 0.3) is 0 Å². The molecule has 44 heavy (non-hydrogen) atoms. The Bertz CT molecular complexity index is 1840. The van der Waals surface area contributed by atoms with Gasteiger partial charge in [0.25, 0.3) is 5.91 Å². The molecule has 3 aliphatic carbocycles. The summed E-state index contributed by atoms with van der Waals surface area (Å²) in [7, 11) is 0. The lowest BCUT2D eigenvalue weighted by Crippen LogP contribution is -2.54. The normalized spacial score (nSPS) is 23.8. The van der Waals surface area contributed by atoms with E-state index >= 15 is 0 Å². The fraction of sp³-hybridized carbons (Fsp3) is 0.200. The van der Waals surface area contributed by atoms with Gasteiger partial charge in [-0.2, -0.15) is 5.10 Å². The summed E-state index contributed by atoms with van der Waals surface area (Å²) in [6.07, 6.45) is 1.67. The van der Waals surface area contributed by atoms with Crippen LogP contribution in [-0.2, 0) is 19.8 Å². The van der Waals surface area contributed by atoms with Crippen LogP contribution in [0, 0.1) is 18.8 Å². The van der Waals surface area contributed by atoms with Crippen molar-refractivity contribution in [3.8, 4) is 11.5 Å². The Morgan fingerprint density at radius 3 is 2.32 bits per heavy atom. The second-order valence-corrected chi connectivity index (χ2v) is 11.6. The quantitative estimate of drug-likeness (QED) is 0.196. The smallest absolute Gasteiger partial charge is 0.259 e. The van der Waals surface area contributed by atoms with Gasteiger partial charge in [-0.3, -0.25) is 14.4 Å². The lowest BCUT2D eigenvalue weighted by atomic mass is 9.47. The van der Waals surface area contributed by atoms with Crippen LogP contribution >= 0.6 is 0 Å². The van der Waals surface area contributed by atoms with Gasteiger partial charge in [-0.15, -0.1) is 0 Å². The number of hydrazone groups is 1. The number of benzene rings is 4. The number of anilines is 2. The maximum atomic E-state index is 14.4. The van der Waals surface area contributed by atoms with Crippen LogP contribution in [0.1, 0.15) is 33.7 Å². The molecule has 9 nitrogen and oxygen atoms in total. The number of hydrogen-bond acceptors (Lipinski definition) is 7. The van der Waals surface area contributed by atoms with Crippen LogP contribution < -0.4 is 25.1 Å². The number of nitrogens with one attached hydrogen (secondary N) is 2. The minimum atomic E-state index is -1.06. The van der Waals surface area contributed by atoms with Gasteiger partial charge in [0, 0.05) is 23.9 Å². The molecule has 2 bridgehead atoms. The lowest BCUT2D eigenvalue weighted by molar-refractivity contribution is -0.122. The van der Waals surface area contributed by atoms with Gasteiger partial charge < -0.3 is 14.8 Å². The van der Waals surface area contributed by atoms with E-state index in [4.69, 9.17) is 9.47 Å². The summed E-state index contributed by atoms with van der Waals surface area (Å²) in [5.74, 6) is -1.17. The first kappa shape index (κ1) is 26.2. The zero-order valence-corrected chi connectivity index (χ0v) is 23.8. The SMILES string of the molecule is Cc1ccc(N2C(=O)[C@@H]3C4c5ccccc5C(/C=N/NC(=O)CNc5ccc6c(c5)OCO6)(c5ccccc54)[C@H]3C2=O)cc1. The second kappa shape index (κ2) is 9.80. The molecule has 2 aliphatic heterocycles. The number of fused-ring (bicyclic) bond motifs is 1. The maximum Gasteiger partial charge on any atom is 0.259 e. The fourth-order valence-corrected chi connectivity index (χ4v) is 7.43. The molecule has 0 spiro atoms. The maximum absolute atomic E-state index is 14.4. The summed E-state index contributed by atoms with van der Waals surface area (Å²) in [6.45, 7) is 2.10. The van der Waals surface area contributed by atoms with Crippen LogP contribution in [0.2, 0.25) is 0 Å². The molecule has 3 amide bonds. The molecule has 9 rings (SSSR count). The predicted octanol–water partition coefficient (Wildman–Crippen LogP) is 4.49. The van der Waals surface area contributed by atoms with Crippen molar-refractivity contribution in [1.29, 1.82) is 0 Å². The number of nitrogens with zero attached hydrogens (tertiary/aromatic N) is 2. The molecule has 2 heterocycles. The predicted molar refractivity (Wildman–Crippen MR) is 164 cm³/mol. The van der Waals surface area contributed by atoms with Crippen LogP contribution in [0.3, 0.4) is 0 Å². The van der Waals surface area contributed by atoms with Crippen LogP contribution in [0.4, 0.5) is 11.4 Å². The monoisotopic (exact) mass is 584 g/mol. The van der Waals surface area contributed by atoms with Crippen molar-refractivity contribution in [3.63, 3.8) is 0 Å². The van der Waals surface area contributed by atoms with Crippen molar-refractivity contribution in [2.24, 2.45) is 16.9 Å². The third-order valence-corrected chi connectivity index (χ3v) is 9.26. The van der Waals surface area contributed by atoms with Gasteiger partial charge in [-0.1, -0.05) is 66.2 Å². The first-order valence-corrected chi connectivity index (χ1v) is 14.6. The van der Waals surface area contributed by atoms with Crippen molar-refractivity contribution in [2.75, 3.05) is 23.6 Å². The lowest BCUT2D eigenvalue weighted by Gasteiger charge is -2.52. The molecule has 218 valence electrons. The van der Waals surface area contributed by atoms with Crippen LogP contribution in [0.5, 0.6) is 11.5 Å². The minimum Gasteiger partial charge on any atom is -0.454 e. The van der Waals surface area contributed by atoms with E-state index in [0.29, 0.717) is 22.9 Å². The van der Waals surface area contributed by atoms with E-state index in [2.05, 4.69) is 15.8 Å². The Morgan fingerprint density at radius 1 is 0.909 bits per heavy atom. The van der Waals surface area contributed by atoms with E-state index in [1.54, 1.807) is 24.4 Å². The third-order valence-electron chi connectivity index (χ3n) is 9.26. The summed E-state index contributed by atoms with van der Waals surface area (Å²) >= 11 is 0. The van der Waals surface area contributed by atoms with E-state index < -0.39 is 17.3 Å². The van der Waals surface area contributed by atoms with E-state index in [9.17, 15) is 14.4 Å². The Kier molecular flexibility index (Phi) is 5.84. The van der Waals surface area contributed by atoms with Crippen molar-refractivity contribution < 1.29 is 23.9 Å². The molecule has 0 aromatic heterocycles. The van der Waals surface area contributed by atoms with Crippen molar-refractivity contribution in [2.45, 2.75) is 18.3 Å². The average molecular weight is 585 g/mol. The second-order valence-electron chi connectivity index (χ2n) is 11.6. The highest BCUT2D eigenvalue weighted by atomic mass is 16.7. The van der Waals surface area contributed by atoms with Crippen molar-refractivity contribution in [3.05, 3.63) is 119 Å². The third kappa shape index (κ3) is 3.71. The van der Waals surface area contributed by atoms with Gasteiger partial charge in [0.1, 0.15) is 0 Å². The number of aryl methyl sites for hydroxylation is 1. The summed E-state index contributed by atoms with van der Waals surface area (Å²) in [6, 6.07) is 28.7. The number of ether oxygens (including phenoxy) is 2. The Morgan fingerprint density at radius 2 is 1.59 bits per heavy atom. The molecule has 1 fully saturated rings. The van der Waals surface area contributed by atoms with Crippen molar-refractivity contribution in [1.82, 2.24) is 5.43 Å². The zero-order chi connectivity index (χ0) is 30.0. The molecule has 1 saturated heterocycles. The van der Waals surface area contributed by atoms with Crippen LogP contribution in [0.15, 0.2) is 96.1 Å². The molecule has 2 atom stereocenters. The number of carbonyl (C=O) groups excluding carboxylic acids is 3. The summed E-state index contributed by atoms with van der Waals surface area (Å²) in [5, 5.41) is 7.54. The Hall–Kier alpha value is -5.44. The van der Waals surface area contributed by atoms with Crippen molar-refractivity contribution >= 4 is 35.3 Å². The number of imide groups is 1. The number of amides is 3. The largest absolute Gasteiger partial charge is 0.454 e. The van der Waals surface area contributed by atoms with E-state index in [0.717, 1.165) is 27.8 Å². The molecule has 0 saturated carbocycles. The molecule has 2 N–H and O–H groups in total. The molecule has 5 aliphatic rings. The molecular weight excluding hydrogens is 556 g/mol. The molecular formula is C35H28N4O5. The van der Waals surface area contributed by atoms with Gasteiger partial charge >= 0.3 is 0 Å². The first-order valence-electron chi connectivity index (χ1n) is 14.6. The van der Waals surface area contributed by atoms with Gasteiger partial charge in [-0.05, 0) is 53.4 Å². The molecule has 0 unspecified atom stereocenters. The van der Waals surface area contributed by atoms with Gasteiger partial charge in [0.05, 0.1) is 29.5 Å². The average Bonchev–Trinajstić information content (AvgIpc) is 3.62. The highest BCUT2D eigenvalue weighted by Crippen LogP contribution is 2.63. The van der Waals surface area contributed by atoms with E-state index in [1.807, 2.05) is 79.7 Å². The van der Waals surface area contributed by atoms with Gasteiger partial charge in [-0.25, -0.2) is 10.3 Å². The molecule has 4 aromatic carbocycles. The number of carbonyl (C=O) groups is 3. The minimum absolute atomic E-state index is 0.0378. The fourth-order valence-electron chi connectivity index (χ4n) is 7.43. The van der Waals surface area contributed by atoms with E-state index in [1.165, 1.54) is 4.90 Å². The summed E-state index contributed by atoms with van der Waals surface area (Å²) in [4.78, 5) is 42.9.